The van der Waals surface area contributed by atoms with E-state index in [0.717, 1.165) is 22.9 Å². The van der Waals surface area contributed by atoms with Gasteiger partial charge in [0.25, 0.3) is 15.7 Å². The Morgan fingerprint density at radius 2 is 0.967 bits per heavy atom. The molecule has 1 aliphatic rings. The van der Waals surface area contributed by atoms with E-state index in [0.29, 0.717) is 16.7 Å². The van der Waals surface area contributed by atoms with E-state index < -0.39 is 57.1 Å². The molecule has 0 saturated carbocycles. The zero-order valence-electron chi connectivity index (χ0n) is 32.4. The maximum absolute atomic E-state index is 13.8. The molecule has 1 saturated heterocycles. The second kappa shape index (κ2) is 17.5. The van der Waals surface area contributed by atoms with Gasteiger partial charge in [-0.3, -0.25) is 18.5 Å². The number of ether oxygens (including phenoxy) is 3. The van der Waals surface area contributed by atoms with Crippen molar-refractivity contribution in [2.24, 2.45) is 0 Å². The van der Waals surface area contributed by atoms with Gasteiger partial charge in [0.05, 0.1) is 17.3 Å². The highest BCUT2D eigenvalue weighted by atomic mass is 79.9. The maximum Gasteiger partial charge on any atom is 0.330 e. The lowest BCUT2D eigenvalue weighted by molar-refractivity contribution is -0.123. The number of nitrogens with one attached hydrogen (secondary N) is 1. The summed E-state index contributed by atoms with van der Waals surface area (Å²) in [5, 5.41) is 0. The molecular weight excluding hydrogens is 845 g/mol. The van der Waals surface area contributed by atoms with Crippen LogP contribution >= 0.6 is 15.9 Å². The second-order valence-corrected chi connectivity index (χ2v) is 16.9. The summed E-state index contributed by atoms with van der Waals surface area (Å²) in [6.45, 7) is -0.247. The molecule has 8 rings (SSSR count). The van der Waals surface area contributed by atoms with Gasteiger partial charge in [-0.15, -0.1) is 0 Å². The molecule has 0 amide bonds. The number of rotatable bonds is 14. The van der Waals surface area contributed by atoms with E-state index >= 15 is 0 Å². The maximum atomic E-state index is 13.8. The van der Waals surface area contributed by atoms with E-state index in [1.54, 1.807) is 0 Å². The third-order valence-electron chi connectivity index (χ3n) is 10.6. The summed E-state index contributed by atoms with van der Waals surface area (Å²) in [6, 6.07) is 57.8. The Labute approximate surface area is 356 Å². The molecule has 0 bridgehead atoms. The van der Waals surface area contributed by atoms with E-state index in [2.05, 4.69) is 20.9 Å². The summed E-state index contributed by atoms with van der Waals surface area (Å²) in [4.78, 5) is 28.9. The van der Waals surface area contributed by atoms with Gasteiger partial charge in [0.1, 0.15) is 29.5 Å². The normalized spacial score (nSPS) is 18.3. The first kappa shape index (κ1) is 41.0. The van der Waals surface area contributed by atoms with Crippen molar-refractivity contribution >= 4 is 26.0 Å². The van der Waals surface area contributed by atoms with Crippen LogP contribution in [0, 0.1) is 0 Å². The van der Waals surface area contributed by atoms with Crippen molar-refractivity contribution in [3.05, 3.63) is 247 Å². The van der Waals surface area contributed by atoms with Crippen LogP contribution in [0.1, 0.15) is 39.6 Å². The van der Waals surface area contributed by atoms with Crippen molar-refractivity contribution < 1.29 is 26.8 Å². The van der Waals surface area contributed by atoms with Crippen molar-refractivity contribution in [2.75, 3.05) is 12.9 Å². The van der Waals surface area contributed by atoms with Crippen LogP contribution in [0.5, 0.6) is 0 Å². The molecule has 0 aliphatic carbocycles. The van der Waals surface area contributed by atoms with Crippen molar-refractivity contribution in [3.8, 4) is 0 Å². The first-order chi connectivity index (χ1) is 29.1. The highest BCUT2D eigenvalue weighted by Crippen LogP contribution is 2.47. The van der Waals surface area contributed by atoms with Gasteiger partial charge in [-0.05, 0) is 49.3 Å². The van der Waals surface area contributed by atoms with Crippen LogP contribution in [0.3, 0.4) is 0 Å². The fourth-order valence-electron chi connectivity index (χ4n) is 8.06. The zero-order chi connectivity index (χ0) is 41.7. The summed E-state index contributed by atoms with van der Waals surface area (Å²) in [5.41, 5.74) is 0.458. The lowest BCUT2D eigenvalue weighted by atomic mass is 9.79. The van der Waals surface area contributed by atoms with Crippen LogP contribution in [-0.4, -0.2) is 49.1 Å². The molecule has 7 aromatic rings. The molecule has 304 valence electrons. The van der Waals surface area contributed by atoms with Gasteiger partial charge >= 0.3 is 5.69 Å². The van der Waals surface area contributed by atoms with Crippen molar-refractivity contribution in [2.45, 2.75) is 35.7 Å². The number of hydrogen-bond acceptors (Lipinski definition) is 8. The van der Waals surface area contributed by atoms with E-state index in [1.807, 2.05) is 182 Å². The first-order valence-electron chi connectivity index (χ1n) is 19.3. The molecule has 1 aromatic heterocycles. The van der Waals surface area contributed by atoms with Crippen LogP contribution in [0.15, 0.2) is 202 Å². The molecule has 6 aromatic carbocycles. The Kier molecular flexibility index (Phi) is 11.9. The fourth-order valence-corrected chi connectivity index (χ4v) is 9.02. The largest absolute Gasteiger partial charge is 0.358 e. The Morgan fingerprint density at radius 1 is 0.600 bits per heavy atom. The quantitative estimate of drug-likeness (QED) is 0.0863. The number of nitrogens with zero attached hydrogens (tertiary/aromatic N) is 1. The van der Waals surface area contributed by atoms with Gasteiger partial charge < -0.3 is 14.2 Å². The topological polar surface area (TPSA) is 126 Å². The Hall–Kier alpha value is -5.73. The van der Waals surface area contributed by atoms with Crippen molar-refractivity contribution in [1.82, 2.24) is 9.55 Å². The molecule has 1 fully saturated rings. The smallest absolute Gasteiger partial charge is 0.330 e. The standard InChI is InChI=1S/C48H41BrN2O8S/c1-60(54,55)59-42-41(33-56-47(34-20-8-2-9-21-34,35-22-10-3-11-23-35)36-24-12-4-13-25-36)57-45(51-32-40(49)44(52)50-46(51)53)43(42)58-48(37-26-14-5-15-27-37,38-28-16-6-17-29-38)39-30-18-7-19-31-39/h2-32,41-43,45H,33H2,1H3,(H,50,52,53)/t41-,42-,43-,45-/m1/s1. The van der Waals surface area contributed by atoms with Crippen molar-refractivity contribution in [3.63, 3.8) is 0 Å². The summed E-state index contributed by atoms with van der Waals surface area (Å²) in [5.74, 6) is 0. The minimum atomic E-state index is -4.23. The molecule has 60 heavy (non-hydrogen) atoms. The Bertz CT molecular complexity index is 2550. The van der Waals surface area contributed by atoms with Crippen LogP contribution in [0.2, 0.25) is 0 Å². The Balaban J connectivity index is 1.34. The number of H-pyrrole nitrogens is 1. The van der Waals surface area contributed by atoms with E-state index in [4.69, 9.17) is 18.4 Å². The second-order valence-electron chi connectivity index (χ2n) is 14.4. The van der Waals surface area contributed by atoms with Crippen LogP contribution in [0.4, 0.5) is 0 Å². The van der Waals surface area contributed by atoms with Gasteiger partial charge in [-0.1, -0.05) is 182 Å². The lowest BCUT2D eigenvalue weighted by Crippen LogP contribution is -2.47. The molecule has 12 heteroatoms. The number of benzene rings is 6. The molecule has 1 aliphatic heterocycles. The van der Waals surface area contributed by atoms with Crippen molar-refractivity contribution in [1.29, 1.82) is 0 Å². The van der Waals surface area contributed by atoms with E-state index in [-0.39, 0.29) is 11.1 Å². The van der Waals surface area contributed by atoms with Gasteiger partial charge in [-0.2, -0.15) is 8.42 Å². The van der Waals surface area contributed by atoms with E-state index in [1.165, 1.54) is 10.8 Å². The predicted molar refractivity (Wildman–Crippen MR) is 232 cm³/mol. The highest BCUT2D eigenvalue weighted by Gasteiger charge is 2.55. The number of aromatic amines is 1. The lowest BCUT2D eigenvalue weighted by Gasteiger charge is -2.40. The summed E-state index contributed by atoms with van der Waals surface area (Å²) < 4.78 is 55.6. The average molecular weight is 886 g/mol. The summed E-state index contributed by atoms with van der Waals surface area (Å²) >= 11 is 3.28. The predicted octanol–water partition coefficient (Wildman–Crippen LogP) is 7.93. The third-order valence-corrected chi connectivity index (χ3v) is 11.8. The van der Waals surface area contributed by atoms with E-state index in [9.17, 15) is 18.0 Å². The van der Waals surface area contributed by atoms with Gasteiger partial charge in [0.15, 0.2) is 6.23 Å². The molecule has 10 nitrogen and oxygen atoms in total. The Morgan fingerprint density at radius 3 is 1.33 bits per heavy atom. The molecule has 0 radical (unpaired) electrons. The summed E-state index contributed by atoms with van der Waals surface area (Å²) in [6.07, 6.45) is -3.02. The molecule has 0 unspecified atom stereocenters. The monoisotopic (exact) mass is 884 g/mol. The molecule has 2 heterocycles. The highest BCUT2D eigenvalue weighted by molar-refractivity contribution is 9.10. The molecule has 4 atom stereocenters. The number of aromatic nitrogens is 2. The van der Waals surface area contributed by atoms with Gasteiger partial charge in [-0.25, -0.2) is 4.79 Å². The molecule has 1 N–H and O–H groups in total. The minimum Gasteiger partial charge on any atom is -0.358 e. The molecular formula is C48H41BrN2O8S. The van der Waals surface area contributed by atoms with Gasteiger partial charge in [0.2, 0.25) is 0 Å². The minimum absolute atomic E-state index is 0.0430. The number of halogens is 1. The third kappa shape index (κ3) is 8.10. The van der Waals surface area contributed by atoms with Gasteiger partial charge in [0, 0.05) is 6.20 Å². The fraction of sp³-hybridized carbons (Fsp3) is 0.167. The average Bonchev–Trinajstić information content (AvgIpc) is 3.60. The van der Waals surface area contributed by atoms with Crippen LogP contribution in [0.25, 0.3) is 0 Å². The number of hydrogen-bond donors (Lipinski definition) is 1. The SMILES string of the molecule is CS(=O)(=O)O[C@H]1[C@@H](OC(c2ccccc2)(c2ccccc2)c2ccccc2)[C@H](n2cc(Br)c(=O)[nH]c2=O)O[C@@H]1COC(c1ccccc1)(c1ccccc1)c1ccccc1. The first-order valence-corrected chi connectivity index (χ1v) is 21.9. The van der Waals surface area contributed by atoms with Crippen LogP contribution < -0.4 is 11.2 Å². The van der Waals surface area contributed by atoms with Crippen LogP contribution in [-0.2, 0) is 39.7 Å². The summed E-state index contributed by atoms with van der Waals surface area (Å²) in [7, 11) is -4.23. The zero-order valence-corrected chi connectivity index (χ0v) is 34.8. The molecule has 0 spiro atoms.